The summed E-state index contributed by atoms with van der Waals surface area (Å²) in [5.41, 5.74) is 0.574. The summed E-state index contributed by atoms with van der Waals surface area (Å²) in [5.74, 6) is 0.854. The maximum absolute atomic E-state index is 5.62. The van der Waals surface area contributed by atoms with Crippen molar-refractivity contribution in [1.82, 2.24) is 5.16 Å². The van der Waals surface area contributed by atoms with E-state index in [2.05, 4.69) is 43.0 Å². The van der Waals surface area contributed by atoms with Crippen LogP contribution in [0.15, 0.2) is 10.6 Å². The van der Waals surface area contributed by atoms with E-state index < -0.39 is 0 Å². The topological polar surface area (TPSA) is 35.3 Å². The second-order valence-electron chi connectivity index (χ2n) is 3.50. The van der Waals surface area contributed by atoms with Crippen LogP contribution < -0.4 is 0 Å². The Balaban J connectivity index is 2.17. The Morgan fingerprint density at radius 3 is 2.53 bits per heavy atom. The van der Waals surface area contributed by atoms with Crippen molar-refractivity contribution in [1.29, 1.82) is 0 Å². The molecular formula is C9H13NO2S3. The van der Waals surface area contributed by atoms with E-state index in [1.807, 2.05) is 13.0 Å². The SMILES string of the molecule is CCc1cc(C2OC(S)C(S)C2S)no1. The Bertz CT molecular complexity index is 344. The summed E-state index contributed by atoms with van der Waals surface area (Å²) in [6.07, 6.45) is 0.647. The fourth-order valence-electron chi connectivity index (χ4n) is 1.53. The van der Waals surface area contributed by atoms with Gasteiger partial charge >= 0.3 is 0 Å². The van der Waals surface area contributed by atoms with Gasteiger partial charge in [0, 0.05) is 17.7 Å². The maximum atomic E-state index is 5.62. The second kappa shape index (κ2) is 4.61. The van der Waals surface area contributed by atoms with E-state index in [0.29, 0.717) is 0 Å². The van der Waals surface area contributed by atoms with Gasteiger partial charge in [0.15, 0.2) is 0 Å². The largest absolute Gasteiger partial charge is 0.361 e. The summed E-state index contributed by atoms with van der Waals surface area (Å²) < 4.78 is 10.7. The number of hydrogen-bond acceptors (Lipinski definition) is 6. The highest BCUT2D eigenvalue weighted by atomic mass is 32.1. The Labute approximate surface area is 105 Å². The van der Waals surface area contributed by atoms with Crippen LogP contribution in [-0.2, 0) is 11.2 Å². The lowest BCUT2D eigenvalue weighted by Crippen LogP contribution is -2.17. The van der Waals surface area contributed by atoms with Crippen LogP contribution in [0, 0.1) is 0 Å². The quantitative estimate of drug-likeness (QED) is 0.716. The molecule has 1 aliphatic rings. The first-order valence-electron chi connectivity index (χ1n) is 4.78. The van der Waals surface area contributed by atoms with Crippen molar-refractivity contribution in [2.45, 2.75) is 35.4 Å². The van der Waals surface area contributed by atoms with E-state index in [9.17, 15) is 0 Å². The molecule has 0 aliphatic carbocycles. The molecule has 1 aliphatic heterocycles. The molecule has 0 bridgehead atoms. The molecule has 0 saturated carbocycles. The first-order valence-corrected chi connectivity index (χ1v) is 6.33. The molecule has 6 heteroatoms. The van der Waals surface area contributed by atoms with Gasteiger partial charge < -0.3 is 9.26 Å². The lowest BCUT2D eigenvalue weighted by Gasteiger charge is -2.10. The van der Waals surface area contributed by atoms with E-state index in [-0.39, 0.29) is 22.0 Å². The van der Waals surface area contributed by atoms with Crippen molar-refractivity contribution >= 4 is 37.9 Å². The predicted molar refractivity (Wildman–Crippen MR) is 68.0 cm³/mol. The number of rotatable bonds is 2. The third-order valence-corrected chi connectivity index (χ3v) is 4.55. The van der Waals surface area contributed by atoms with E-state index in [0.717, 1.165) is 17.9 Å². The summed E-state index contributed by atoms with van der Waals surface area (Å²) in [7, 11) is 0. The zero-order valence-corrected chi connectivity index (χ0v) is 10.9. The van der Waals surface area contributed by atoms with Crippen LogP contribution in [0.3, 0.4) is 0 Å². The zero-order valence-electron chi connectivity index (χ0n) is 8.20. The third kappa shape index (κ3) is 2.18. The van der Waals surface area contributed by atoms with Gasteiger partial charge in [0.25, 0.3) is 0 Å². The van der Waals surface area contributed by atoms with Crippen molar-refractivity contribution in [3.8, 4) is 0 Å². The van der Waals surface area contributed by atoms with Gasteiger partial charge in [-0.1, -0.05) is 12.1 Å². The average Bonchev–Trinajstić information content (AvgIpc) is 2.79. The number of hydrogen-bond donors (Lipinski definition) is 3. The van der Waals surface area contributed by atoms with Crippen molar-refractivity contribution in [3.05, 3.63) is 17.5 Å². The van der Waals surface area contributed by atoms with Crippen molar-refractivity contribution in [3.63, 3.8) is 0 Å². The summed E-state index contributed by atoms with van der Waals surface area (Å²) in [5, 5.41) is 3.97. The Hall–Kier alpha value is 0.220. The molecule has 0 N–H and O–H groups in total. The molecule has 15 heavy (non-hydrogen) atoms. The predicted octanol–water partition coefficient (Wildman–Crippen LogP) is 2.16. The van der Waals surface area contributed by atoms with Crippen LogP contribution in [0.2, 0.25) is 0 Å². The molecule has 0 spiro atoms. The summed E-state index contributed by atoms with van der Waals surface area (Å²) in [6.45, 7) is 2.01. The van der Waals surface area contributed by atoms with Crippen molar-refractivity contribution in [2.75, 3.05) is 0 Å². The van der Waals surface area contributed by atoms with Gasteiger partial charge in [0.2, 0.25) is 0 Å². The maximum Gasteiger partial charge on any atom is 0.136 e. The molecule has 1 fully saturated rings. The van der Waals surface area contributed by atoms with Gasteiger partial charge in [-0.25, -0.2) is 0 Å². The summed E-state index contributed by atoms with van der Waals surface area (Å²) in [6, 6.07) is 1.90. The summed E-state index contributed by atoms with van der Waals surface area (Å²) in [4.78, 5) is 0. The van der Waals surface area contributed by atoms with Crippen LogP contribution in [0.5, 0.6) is 0 Å². The van der Waals surface area contributed by atoms with E-state index in [1.54, 1.807) is 0 Å². The molecular weight excluding hydrogens is 250 g/mol. The highest BCUT2D eigenvalue weighted by Crippen LogP contribution is 2.40. The molecule has 1 aromatic heterocycles. The van der Waals surface area contributed by atoms with E-state index in [4.69, 9.17) is 9.26 Å². The second-order valence-corrected chi connectivity index (χ2v) is 5.20. The number of aromatic nitrogens is 1. The monoisotopic (exact) mass is 263 g/mol. The van der Waals surface area contributed by atoms with Gasteiger partial charge in [-0.15, -0.1) is 12.6 Å². The minimum atomic E-state index is -0.206. The standard InChI is InChI=1S/C9H13NO2S3/c1-2-4-3-5(10-12-4)6-7(13)8(14)9(15)11-6/h3,6-9,13-15H,2H2,1H3. The van der Waals surface area contributed by atoms with Crippen LogP contribution in [-0.4, -0.2) is 21.1 Å². The summed E-state index contributed by atoms with van der Waals surface area (Å²) >= 11 is 13.1. The molecule has 0 aromatic carbocycles. The molecule has 2 rings (SSSR count). The minimum absolute atomic E-state index is 0.00319. The molecule has 4 atom stereocenters. The zero-order chi connectivity index (χ0) is 11.0. The molecule has 0 radical (unpaired) electrons. The average molecular weight is 263 g/mol. The van der Waals surface area contributed by atoms with Gasteiger partial charge in [-0.05, 0) is 0 Å². The molecule has 4 unspecified atom stereocenters. The lowest BCUT2D eigenvalue weighted by atomic mass is 10.1. The molecule has 3 nitrogen and oxygen atoms in total. The Morgan fingerprint density at radius 2 is 2.07 bits per heavy atom. The normalized spacial score (nSPS) is 36.0. The number of ether oxygens (including phenoxy) is 1. The van der Waals surface area contributed by atoms with Crippen LogP contribution >= 0.6 is 37.9 Å². The van der Waals surface area contributed by atoms with Crippen molar-refractivity contribution in [2.24, 2.45) is 0 Å². The molecule has 1 saturated heterocycles. The third-order valence-electron chi connectivity index (χ3n) is 2.46. The fraction of sp³-hybridized carbons (Fsp3) is 0.667. The lowest BCUT2D eigenvalue weighted by molar-refractivity contribution is 0.0907. The Kier molecular flexibility index (Phi) is 3.59. The van der Waals surface area contributed by atoms with Crippen LogP contribution in [0.4, 0.5) is 0 Å². The highest BCUT2D eigenvalue weighted by molar-refractivity contribution is 7.87. The highest BCUT2D eigenvalue weighted by Gasteiger charge is 2.41. The van der Waals surface area contributed by atoms with E-state index >= 15 is 0 Å². The smallest absolute Gasteiger partial charge is 0.136 e. The number of thiol groups is 3. The first-order chi connectivity index (χ1) is 7.13. The fourth-order valence-corrected chi connectivity index (χ4v) is 2.59. The van der Waals surface area contributed by atoms with E-state index in [1.165, 1.54) is 0 Å². The molecule has 84 valence electrons. The van der Waals surface area contributed by atoms with Crippen LogP contribution in [0.25, 0.3) is 0 Å². The van der Waals surface area contributed by atoms with Gasteiger partial charge in [0.1, 0.15) is 23.0 Å². The van der Waals surface area contributed by atoms with Gasteiger partial charge in [-0.2, -0.15) is 25.3 Å². The van der Waals surface area contributed by atoms with Gasteiger partial charge in [-0.3, -0.25) is 0 Å². The Morgan fingerprint density at radius 1 is 1.33 bits per heavy atom. The molecule has 1 aromatic rings. The number of aryl methyl sites for hydroxylation is 1. The minimum Gasteiger partial charge on any atom is -0.361 e. The first kappa shape index (κ1) is 11.7. The van der Waals surface area contributed by atoms with Crippen molar-refractivity contribution < 1.29 is 9.26 Å². The molecule has 0 amide bonds. The van der Waals surface area contributed by atoms with Gasteiger partial charge in [0.05, 0.1) is 5.25 Å². The van der Waals surface area contributed by atoms with Crippen LogP contribution in [0.1, 0.15) is 24.5 Å². The molecule has 2 heterocycles. The number of nitrogens with zero attached hydrogens (tertiary/aromatic N) is 1.